The molecular weight excluding hydrogens is 394 g/mol. The Balaban J connectivity index is 1.18. The number of hydrogen-bond acceptors (Lipinski definition) is 6. The number of benzene rings is 2. The first-order chi connectivity index (χ1) is 14.8. The SMILES string of the molecule is Nc1ncnn2c(C3CCC(CNSc4cccc(-c5ccccc5)c4)O3)ccc12. The summed E-state index contributed by atoms with van der Waals surface area (Å²) in [6.45, 7) is 0.789. The summed E-state index contributed by atoms with van der Waals surface area (Å²) in [7, 11) is 0. The van der Waals surface area contributed by atoms with Crippen LogP contribution in [0.15, 0.2) is 78.0 Å². The Labute approximate surface area is 179 Å². The lowest BCUT2D eigenvalue weighted by molar-refractivity contribution is 0.0448. The number of ether oxygens (including phenoxy) is 1. The van der Waals surface area contributed by atoms with Gasteiger partial charge in [0, 0.05) is 11.4 Å². The van der Waals surface area contributed by atoms with Gasteiger partial charge in [-0.2, -0.15) is 5.10 Å². The zero-order valence-electron chi connectivity index (χ0n) is 16.4. The second-order valence-electron chi connectivity index (χ2n) is 7.37. The standard InChI is InChI=1S/C23H23N5OS/c24-23-21-11-10-20(28(21)26-15-25-23)22-12-9-18(29-22)14-27-30-19-8-4-7-17(13-19)16-5-2-1-3-6-16/h1-8,10-11,13,15,18,22,27H,9,12,14H2,(H2,24,25,26). The maximum Gasteiger partial charge on any atom is 0.151 e. The van der Waals surface area contributed by atoms with Crippen LogP contribution in [0.1, 0.15) is 24.6 Å². The molecule has 6 nitrogen and oxygen atoms in total. The normalized spacial score (nSPS) is 18.8. The maximum atomic E-state index is 6.29. The van der Waals surface area contributed by atoms with Gasteiger partial charge in [-0.05, 0) is 60.2 Å². The van der Waals surface area contributed by atoms with Gasteiger partial charge in [-0.1, -0.05) is 42.5 Å². The number of nitrogens with one attached hydrogen (secondary N) is 1. The molecule has 0 bridgehead atoms. The minimum absolute atomic E-state index is 0.0278. The van der Waals surface area contributed by atoms with Gasteiger partial charge in [0.2, 0.25) is 0 Å². The molecule has 4 aromatic rings. The lowest BCUT2D eigenvalue weighted by atomic mass is 10.1. The van der Waals surface area contributed by atoms with Crippen LogP contribution in [0.3, 0.4) is 0 Å². The molecule has 2 unspecified atom stereocenters. The number of hydrogen-bond donors (Lipinski definition) is 2. The van der Waals surface area contributed by atoms with E-state index in [1.54, 1.807) is 11.9 Å². The van der Waals surface area contributed by atoms with Crippen LogP contribution in [0, 0.1) is 0 Å². The van der Waals surface area contributed by atoms with Gasteiger partial charge in [0.05, 0.1) is 11.8 Å². The Morgan fingerprint density at radius 3 is 2.80 bits per heavy atom. The van der Waals surface area contributed by atoms with E-state index in [4.69, 9.17) is 10.5 Å². The monoisotopic (exact) mass is 417 g/mol. The van der Waals surface area contributed by atoms with E-state index in [0.717, 1.165) is 30.6 Å². The molecule has 1 aliphatic rings. The molecule has 2 atom stereocenters. The second-order valence-corrected chi connectivity index (χ2v) is 8.33. The average molecular weight is 418 g/mol. The Hall–Kier alpha value is -2.87. The topological polar surface area (TPSA) is 77.5 Å². The first-order valence-corrected chi connectivity index (χ1v) is 10.9. The summed E-state index contributed by atoms with van der Waals surface area (Å²) >= 11 is 1.65. The molecule has 2 aromatic carbocycles. The predicted molar refractivity (Wildman–Crippen MR) is 120 cm³/mol. The molecular formula is C23H23N5OS. The van der Waals surface area contributed by atoms with Crippen LogP contribution in [0.25, 0.3) is 16.6 Å². The Kier molecular flexibility index (Phi) is 5.40. The van der Waals surface area contributed by atoms with E-state index >= 15 is 0 Å². The minimum Gasteiger partial charge on any atom is -0.382 e. The zero-order chi connectivity index (χ0) is 20.3. The molecule has 7 heteroatoms. The zero-order valence-corrected chi connectivity index (χ0v) is 17.3. The summed E-state index contributed by atoms with van der Waals surface area (Å²) in [5, 5.41) is 4.33. The smallest absolute Gasteiger partial charge is 0.151 e. The Morgan fingerprint density at radius 1 is 1.03 bits per heavy atom. The average Bonchev–Trinajstić information content (AvgIpc) is 3.42. The van der Waals surface area contributed by atoms with E-state index < -0.39 is 0 Å². The third kappa shape index (κ3) is 3.92. The third-order valence-corrected chi connectivity index (χ3v) is 6.19. The summed E-state index contributed by atoms with van der Waals surface area (Å²) in [6, 6.07) is 23.0. The number of nitrogens with two attached hydrogens (primary N) is 1. The van der Waals surface area contributed by atoms with Crippen molar-refractivity contribution in [3.8, 4) is 11.1 Å². The van der Waals surface area contributed by atoms with Crippen LogP contribution < -0.4 is 10.5 Å². The van der Waals surface area contributed by atoms with E-state index in [9.17, 15) is 0 Å². The molecule has 152 valence electrons. The predicted octanol–water partition coefficient (Wildman–Crippen LogP) is 4.50. The highest BCUT2D eigenvalue weighted by molar-refractivity contribution is 7.97. The van der Waals surface area contributed by atoms with Crippen molar-refractivity contribution in [1.29, 1.82) is 0 Å². The first kappa shape index (κ1) is 19.1. The van der Waals surface area contributed by atoms with E-state index in [1.807, 2.05) is 22.7 Å². The molecule has 0 radical (unpaired) electrons. The van der Waals surface area contributed by atoms with Crippen molar-refractivity contribution in [3.63, 3.8) is 0 Å². The number of fused-ring (bicyclic) bond motifs is 1. The van der Waals surface area contributed by atoms with E-state index in [2.05, 4.69) is 63.3 Å². The fraction of sp³-hybridized carbons (Fsp3) is 0.217. The van der Waals surface area contributed by atoms with E-state index in [-0.39, 0.29) is 12.2 Å². The van der Waals surface area contributed by atoms with Gasteiger partial charge in [0.1, 0.15) is 17.9 Å². The lowest BCUT2D eigenvalue weighted by Gasteiger charge is -2.14. The van der Waals surface area contributed by atoms with Gasteiger partial charge < -0.3 is 10.5 Å². The fourth-order valence-corrected chi connectivity index (χ4v) is 4.65. The fourth-order valence-electron chi connectivity index (χ4n) is 3.88. The quantitative estimate of drug-likeness (QED) is 0.450. The third-order valence-electron chi connectivity index (χ3n) is 5.39. The van der Waals surface area contributed by atoms with Crippen LogP contribution in [-0.2, 0) is 4.74 Å². The molecule has 0 saturated carbocycles. The highest BCUT2D eigenvalue weighted by Crippen LogP contribution is 2.34. The first-order valence-electron chi connectivity index (χ1n) is 10.1. The van der Waals surface area contributed by atoms with E-state index in [1.165, 1.54) is 22.3 Å². The molecule has 0 amide bonds. The molecule has 2 aromatic heterocycles. The number of anilines is 1. The van der Waals surface area contributed by atoms with Crippen LogP contribution in [0.2, 0.25) is 0 Å². The van der Waals surface area contributed by atoms with Gasteiger partial charge in [-0.25, -0.2) is 9.50 Å². The summed E-state index contributed by atoms with van der Waals surface area (Å²) < 4.78 is 11.6. The number of nitrogen functional groups attached to an aromatic ring is 1. The van der Waals surface area contributed by atoms with Crippen molar-refractivity contribution in [2.24, 2.45) is 0 Å². The lowest BCUT2D eigenvalue weighted by Crippen LogP contribution is -2.21. The molecule has 3 N–H and O–H groups in total. The second kappa shape index (κ2) is 8.47. The van der Waals surface area contributed by atoms with Crippen molar-refractivity contribution in [2.45, 2.75) is 29.9 Å². The largest absolute Gasteiger partial charge is 0.382 e. The van der Waals surface area contributed by atoms with Crippen LogP contribution in [-0.4, -0.2) is 27.2 Å². The van der Waals surface area contributed by atoms with Gasteiger partial charge in [0.25, 0.3) is 0 Å². The summed E-state index contributed by atoms with van der Waals surface area (Å²) in [5.74, 6) is 0.488. The Morgan fingerprint density at radius 2 is 1.90 bits per heavy atom. The van der Waals surface area contributed by atoms with Crippen molar-refractivity contribution in [2.75, 3.05) is 12.3 Å². The summed E-state index contributed by atoms with van der Waals surface area (Å²) in [5.41, 5.74) is 10.2. The van der Waals surface area contributed by atoms with Crippen molar-refractivity contribution in [1.82, 2.24) is 19.3 Å². The highest BCUT2D eigenvalue weighted by Gasteiger charge is 2.28. The molecule has 1 fully saturated rings. The van der Waals surface area contributed by atoms with Crippen LogP contribution in [0.4, 0.5) is 5.82 Å². The van der Waals surface area contributed by atoms with E-state index in [0.29, 0.717) is 5.82 Å². The van der Waals surface area contributed by atoms with Crippen LogP contribution >= 0.6 is 11.9 Å². The van der Waals surface area contributed by atoms with Crippen molar-refractivity contribution >= 4 is 23.3 Å². The van der Waals surface area contributed by atoms with Crippen molar-refractivity contribution in [3.05, 3.63) is 78.8 Å². The van der Waals surface area contributed by atoms with Gasteiger partial charge >= 0.3 is 0 Å². The van der Waals surface area contributed by atoms with Gasteiger partial charge in [0.15, 0.2) is 5.82 Å². The number of aromatic nitrogens is 3. The molecule has 3 heterocycles. The highest BCUT2D eigenvalue weighted by atomic mass is 32.2. The Bertz CT molecular complexity index is 1150. The minimum atomic E-state index is 0.0278. The molecule has 0 spiro atoms. The molecule has 1 saturated heterocycles. The molecule has 5 rings (SSSR count). The van der Waals surface area contributed by atoms with Gasteiger partial charge in [-0.15, -0.1) is 0 Å². The number of rotatable bonds is 6. The van der Waals surface area contributed by atoms with Crippen LogP contribution in [0.5, 0.6) is 0 Å². The maximum absolute atomic E-state index is 6.29. The van der Waals surface area contributed by atoms with Gasteiger partial charge in [-0.3, -0.25) is 4.72 Å². The molecule has 30 heavy (non-hydrogen) atoms. The summed E-state index contributed by atoms with van der Waals surface area (Å²) in [4.78, 5) is 5.24. The molecule has 1 aliphatic heterocycles. The molecule has 0 aliphatic carbocycles. The van der Waals surface area contributed by atoms with Crippen molar-refractivity contribution < 1.29 is 4.74 Å². The summed E-state index contributed by atoms with van der Waals surface area (Å²) in [6.07, 6.45) is 3.66. The number of nitrogens with zero attached hydrogens (tertiary/aromatic N) is 3.